The normalized spacial score (nSPS) is 14.4. The number of nitrogens with one attached hydrogen (secondary N) is 3. The summed E-state index contributed by atoms with van der Waals surface area (Å²) in [4.78, 5) is 42.2. The molecule has 0 bridgehead atoms. The molecule has 1 aliphatic heterocycles. The first-order valence-corrected chi connectivity index (χ1v) is 15.2. The number of amides is 4. The van der Waals surface area contributed by atoms with Crippen LogP contribution in [0.25, 0.3) is 0 Å². The van der Waals surface area contributed by atoms with E-state index in [1.807, 2.05) is 43.3 Å². The second-order valence-corrected chi connectivity index (χ2v) is 12.2. The topological polar surface area (TPSA) is 121 Å². The summed E-state index contributed by atoms with van der Waals surface area (Å²) >= 11 is 1.34. The van der Waals surface area contributed by atoms with Gasteiger partial charge in [-0.2, -0.15) is 0 Å². The van der Waals surface area contributed by atoms with Crippen molar-refractivity contribution in [2.75, 3.05) is 37.8 Å². The highest BCUT2D eigenvalue weighted by Gasteiger charge is 2.22. The summed E-state index contributed by atoms with van der Waals surface area (Å²) in [6.45, 7) is 6.75. The number of carbonyl (C=O) groups excluding carboxylic acids is 3. The number of thiophene rings is 1. The number of likely N-dealkylation sites (N-methyl/N-ethyl adjacent to an activating group) is 1. The quantitative estimate of drug-likeness (QED) is 0.281. The number of rotatable bonds is 10. The minimum Gasteiger partial charge on any atom is -0.463 e. The average molecular weight is 622 g/mol. The number of benzene rings is 1. The van der Waals surface area contributed by atoms with Crippen molar-refractivity contribution < 1.29 is 28.6 Å². The Hall–Kier alpha value is -4.55. The van der Waals surface area contributed by atoms with E-state index in [9.17, 15) is 14.4 Å². The second-order valence-electron chi connectivity index (χ2n) is 11.5. The number of carbonyl (C=O) groups is 3. The van der Waals surface area contributed by atoms with Gasteiger partial charge in [0.25, 0.3) is 5.91 Å². The molecule has 3 N–H and O–H groups in total. The highest BCUT2D eigenvalue weighted by atomic mass is 32.1. The van der Waals surface area contributed by atoms with Crippen LogP contribution in [0.4, 0.5) is 21.0 Å². The lowest BCUT2D eigenvalue weighted by atomic mass is 10.0. The molecule has 2 heterocycles. The molecule has 0 radical (unpaired) electrons. The Bertz CT molecular complexity index is 1470. The maximum atomic E-state index is 13.3. The van der Waals surface area contributed by atoms with E-state index in [4.69, 9.17) is 14.2 Å². The molecule has 4 rings (SSSR count). The number of hydrogen-bond donors (Lipinski definition) is 3. The summed E-state index contributed by atoms with van der Waals surface area (Å²) < 4.78 is 16.7. The number of urea groups is 1. The van der Waals surface area contributed by atoms with E-state index in [2.05, 4.69) is 22.0 Å². The molecule has 0 saturated heterocycles. The van der Waals surface area contributed by atoms with Crippen molar-refractivity contribution in [2.45, 2.75) is 45.8 Å². The van der Waals surface area contributed by atoms with Gasteiger partial charge in [-0.25, -0.2) is 9.59 Å². The molecule has 11 nitrogen and oxygen atoms in total. The predicted molar refractivity (Wildman–Crippen MR) is 171 cm³/mol. The molecule has 1 aromatic carbocycles. The molecule has 0 atom stereocenters. The Morgan fingerprint density at radius 3 is 2.36 bits per heavy atom. The Kier molecular flexibility index (Phi) is 10.9. The monoisotopic (exact) mass is 621 g/mol. The molecule has 0 unspecified atom stereocenters. The predicted octanol–water partition coefficient (Wildman–Crippen LogP) is 6.38. The number of nitrogens with zero attached hydrogens (tertiary/aromatic N) is 2. The van der Waals surface area contributed by atoms with Crippen molar-refractivity contribution in [3.63, 3.8) is 0 Å². The zero-order valence-corrected chi connectivity index (χ0v) is 26.5. The Morgan fingerprint density at radius 1 is 0.977 bits per heavy atom. The number of allylic oxidation sites excluding steroid dienone is 4. The summed E-state index contributed by atoms with van der Waals surface area (Å²) in [7, 11) is 3.88. The van der Waals surface area contributed by atoms with Crippen LogP contribution in [0.2, 0.25) is 0 Å². The highest BCUT2D eigenvalue weighted by Crippen LogP contribution is 2.28. The van der Waals surface area contributed by atoms with Crippen LogP contribution in [0, 0.1) is 0 Å². The fraction of sp³-hybridized carbons (Fsp3) is 0.344. The number of hydrogen-bond acceptors (Lipinski definition) is 8. The lowest BCUT2D eigenvalue weighted by molar-refractivity contribution is 0.0635. The van der Waals surface area contributed by atoms with Crippen LogP contribution in [0.5, 0.6) is 0 Å². The third kappa shape index (κ3) is 9.75. The van der Waals surface area contributed by atoms with E-state index < -0.39 is 11.7 Å². The van der Waals surface area contributed by atoms with E-state index >= 15 is 0 Å². The van der Waals surface area contributed by atoms with Crippen LogP contribution in [0.3, 0.4) is 0 Å². The van der Waals surface area contributed by atoms with Gasteiger partial charge in [0.15, 0.2) is 12.0 Å². The molecule has 2 aliphatic rings. The summed E-state index contributed by atoms with van der Waals surface area (Å²) in [5.74, 6) is 0.438. The minimum absolute atomic E-state index is 0.207. The van der Waals surface area contributed by atoms with Crippen molar-refractivity contribution in [2.24, 2.45) is 0 Å². The lowest BCUT2D eigenvalue weighted by Gasteiger charge is -2.26. The van der Waals surface area contributed by atoms with Crippen molar-refractivity contribution in [1.29, 1.82) is 0 Å². The van der Waals surface area contributed by atoms with Crippen LogP contribution in [0.1, 0.15) is 49.5 Å². The molecule has 4 amide bonds. The van der Waals surface area contributed by atoms with Gasteiger partial charge in [-0.3, -0.25) is 15.4 Å². The third-order valence-corrected chi connectivity index (χ3v) is 7.11. The smallest absolute Gasteiger partial charge is 0.412 e. The molecule has 0 spiro atoms. The third-order valence-electron chi connectivity index (χ3n) is 6.37. The molecule has 2 aromatic rings. The van der Waals surface area contributed by atoms with Crippen molar-refractivity contribution in [1.82, 2.24) is 15.1 Å². The van der Waals surface area contributed by atoms with E-state index in [1.165, 1.54) is 23.9 Å². The largest absolute Gasteiger partial charge is 0.463 e. The van der Waals surface area contributed by atoms with Crippen LogP contribution in [-0.2, 0) is 20.8 Å². The van der Waals surface area contributed by atoms with Gasteiger partial charge in [0, 0.05) is 36.0 Å². The Labute approximate surface area is 261 Å². The summed E-state index contributed by atoms with van der Waals surface area (Å²) in [6.07, 6.45) is 10.1. The second kappa shape index (κ2) is 14.8. The summed E-state index contributed by atoms with van der Waals surface area (Å²) in [5.41, 5.74) is 2.54. The molecule has 234 valence electrons. The molecule has 0 saturated carbocycles. The number of ether oxygens (including phenoxy) is 3. The van der Waals surface area contributed by atoms with Gasteiger partial charge in [-0.1, -0.05) is 30.4 Å². The van der Waals surface area contributed by atoms with Crippen molar-refractivity contribution in [3.8, 4) is 0 Å². The van der Waals surface area contributed by atoms with Gasteiger partial charge >= 0.3 is 12.1 Å². The molecule has 44 heavy (non-hydrogen) atoms. The van der Waals surface area contributed by atoms with Crippen LogP contribution in [-0.4, -0.2) is 60.6 Å². The van der Waals surface area contributed by atoms with Crippen molar-refractivity contribution in [3.05, 3.63) is 94.1 Å². The number of anilines is 2. The molecular formula is C32H39N5O6S. The molecule has 0 fully saturated rings. The molecule has 1 aliphatic carbocycles. The standard InChI is InChI=1S/C32H39N5O6S/c1-32(2,3)43-31(40)34-26-21-44-20-25(26)33-29(38)24-13-11-22(12-14-24)17-37(16-15-36(4)5)30(39)35-28-19-41-18-27(42-28)23-9-7-6-8-10-23/h6-7,9,11-14,18-21H,8,10,15-17H2,1-5H3,(H,33,38)(H,34,40)(H,35,39). The van der Waals surface area contributed by atoms with Gasteiger partial charge in [0.2, 0.25) is 5.88 Å². The average Bonchev–Trinajstić information content (AvgIpc) is 3.40. The molecular weight excluding hydrogens is 582 g/mol. The van der Waals surface area contributed by atoms with Gasteiger partial charge in [-0.05, 0) is 71.0 Å². The van der Waals surface area contributed by atoms with E-state index in [0.717, 1.165) is 24.0 Å². The zero-order valence-electron chi connectivity index (χ0n) is 25.6. The van der Waals surface area contributed by atoms with E-state index in [1.54, 1.807) is 48.6 Å². The Morgan fingerprint density at radius 2 is 1.70 bits per heavy atom. The van der Waals surface area contributed by atoms with E-state index in [0.29, 0.717) is 42.3 Å². The first-order valence-electron chi connectivity index (χ1n) is 14.2. The van der Waals surface area contributed by atoms with Gasteiger partial charge in [0.1, 0.15) is 11.9 Å². The van der Waals surface area contributed by atoms with Crippen LogP contribution in [0.15, 0.2) is 83.0 Å². The molecule has 12 heteroatoms. The van der Waals surface area contributed by atoms with Crippen LogP contribution >= 0.6 is 11.3 Å². The Balaban J connectivity index is 1.36. The summed E-state index contributed by atoms with van der Waals surface area (Å²) in [6, 6.07) is 6.67. The maximum absolute atomic E-state index is 13.3. The summed E-state index contributed by atoms with van der Waals surface area (Å²) in [5, 5.41) is 11.8. The molecule has 1 aromatic heterocycles. The van der Waals surface area contributed by atoms with Crippen LogP contribution < -0.4 is 16.0 Å². The van der Waals surface area contributed by atoms with Gasteiger partial charge in [0.05, 0.1) is 11.4 Å². The lowest BCUT2D eigenvalue weighted by Crippen LogP contribution is -2.42. The zero-order chi connectivity index (χ0) is 31.7. The van der Waals surface area contributed by atoms with Crippen molar-refractivity contribution >= 4 is 40.7 Å². The van der Waals surface area contributed by atoms with Gasteiger partial charge in [-0.15, -0.1) is 11.3 Å². The van der Waals surface area contributed by atoms with Gasteiger partial charge < -0.3 is 29.3 Å². The highest BCUT2D eigenvalue weighted by molar-refractivity contribution is 7.09. The van der Waals surface area contributed by atoms with E-state index in [-0.39, 0.29) is 17.8 Å². The minimum atomic E-state index is -0.644. The fourth-order valence-corrected chi connectivity index (χ4v) is 4.88. The maximum Gasteiger partial charge on any atom is 0.412 e. The fourth-order valence-electron chi connectivity index (χ4n) is 4.17. The first kappa shape index (κ1) is 32.4. The SMILES string of the molecule is CN(C)CCN(Cc1ccc(C(=O)Nc2cscc2NC(=O)OC(C)(C)C)cc1)C(=O)NC1=COC=C(C2=CC=CCC2)O1. The first-order chi connectivity index (χ1) is 21.0.